The van der Waals surface area contributed by atoms with Crippen molar-refractivity contribution < 1.29 is 39.5 Å². The molecular weight excluding hydrogens is 577 g/mol. The van der Waals surface area contributed by atoms with Gasteiger partial charge in [-0.2, -0.15) is 13.2 Å². The van der Waals surface area contributed by atoms with Crippen LogP contribution in [0.1, 0.15) is 31.7 Å². The topological polar surface area (TPSA) is 37.2 Å². The molecule has 224 valence electrons. The average Bonchev–Trinajstić information content (AvgIpc) is 3.34. The van der Waals surface area contributed by atoms with Crippen molar-refractivity contribution in [3.8, 4) is 11.1 Å². The van der Waals surface area contributed by atoms with E-state index in [2.05, 4.69) is 9.97 Å². The summed E-state index contributed by atoms with van der Waals surface area (Å²) in [4.78, 5) is 11.0. The fourth-order valence-corrected chi connectivity index (χ4v) is 5.36. The molecule has 1 aliphatic rings. The highest BCUT2D eigenvalue weighted by Gasteiger charge is 2.42. The Morgan fingerprint density at radius 2 is 1.64 bits per heavy atom. The van der Waals surface area contributed by atoms with Crippen molar-refractivity contribution in [2.75, 3.05) is 29.4 Å². The van der Waals surface area contributed by atoms with E-state index < -0.39 is 53.0 Å². The molecule has 1 atom stereocenters. The minimum atomic E-state index is -5.05. The molecule has 14 heteroatoms. The second-order valence-electron chi connectivity index (χ2n) is 9.95. The highest BCUT2D eigenvalue weighted by atomic mass is 19.4. The molecule has 0 aliphatic carbocycles. The summed E-state index contributed by atoms with van der Waals surface area (Å²) in [5, 5.41) is 0. The summed E-state index contributed by atoms with van der Waals surface area (Å²) < 4.78 is 127. The first-order chi connectivity index (χ1) is 19.8. The van der Waals surface area contributed by atoms with Gasteiger partial charge in [-0.25, -0.2) is 27.7 Å². The van der Waals surface area contributed by atoms with Crippen molar-refractivity contribution in [2.24, 2.45) is 0 Å². The molecule has 42 heavy (non-hydrogen) atoms. The Hall–Kier alpha value is -3.97. The lowest BCUT2D eigenvalue weighted by Crippen LogP contribution is -2.55. The Kier molecular flexibility index (Phi) is 7.75. The number of alkyl halides is 6. The summed E-state index contributed by atoms with van der Waals surface area (Å²) in [5.41, 5.74) is -2.12. The molecule has 2 aromatic heterocycles. The molecule has 2 aromatic carbocycles. The maximum atomic E-state index is 14.7. The van der Waals surface area contributed by atoms with Crippen molar-refractivity contribution in [3.63, 3.8) is 0 Å². The number of rotatable bonds is 6. The third-order valence-electron chi connectivity index (χ3n) is 7.23. The van der Waals surface area contributed by atoms with Crippen LogP contribution in [0, 0.1) is 17.5 Å². The number of aromatic nitrogens is 3. The molecule has 5 nitrogen and oxygen atoms in total. The second-order valence-corrected chi connectivity index (χ2v) is 9.95. The summed E-state index contributed by atoms with van der Waals surface area (Å²) in [5.74, 6) is -5.70. The van der Waals surface area contributed by atoms with E-state index in [1.54, 1.807) is 0 Å². The molecule has 5 rings (SSSR count). The van der Waals surface area contributed by atoms with Crippen LogP contribution in [0.5, 0.6) is 0 Å². The fourth-order valence-electron chi connectivity index (χ4n) is 5.36. The van der Waals surface area contributed by atoms with Gasteiger partial charge >= 0.3 is 12.5 Å². The quantitative estimate of drug-likeness (QED) is 0.166. The molecule has 4 aromatic rings. The van der Waals surface area contributed by atoms with Crippen LogP contribution >= 0.6 is 0 Å². The summed E-state index contributed by atoms with van der Waals surface area (Å²) >= 11 is 0. The van der Waals surface area contributed by atoms with Crippen molar-refractivity contribution in [2.45, 2.75) is 44.7 Å². The van der Waals surface area contributed by atoms with Gasteiger partial charge in [0.1, 0.15) is 5.82 Å². The Morgan fingerprint density at radius 1 is 0.929 bits per heavy atom. The molecule has 0 N–H and O–H groups in total. The van der Waals surface area contributed by atoms with Gasteiger partial charge in [0.15, 0.2) is 17.5 Å². The lowest BCUT2D eigenvalue weighted by Gasteiger charge is -2.43. The summed E-state index contributed by atoms with van der Waals surface area (Å²) in [6.45, 7) is 1.63. The monoisotopic (exact) mass is 601 g/mol. The van der Waals surface area contributed by atoms with Gasteiger partial charge in [-0.05, 0) is 42.3 Å². The highest BCUT2D eigenvalue weighted by molar-refractivity contribution is 5.94. The van der Waals surface area contributed by atoms with Crippen LogP contribution in [-0.4, -0.2) is 40.2 Å². The minimum Gasteiger partial charge on any atom is -0.352 e. The Morgan fingerprint density at radius 3 is 2.29 bits per heavy atom. The molecule has 1 fully saturated rings. The van der Waals surface area contributed by atoms with Crippen LogP contribution < -0.4 is 9.80 Å². The van der Waals surface area contributed by atoms with Gasteiger partial charge in [-0.3, -0.25) is 0 Å². The molecule has 0 unspecified atom stereocenters. The van der Waals surface area contributed by atoms with E-state index in [1.807, 2.05) is 6.92 Å². The maximum Gasteiger partial charge on any atom is 0.491 e. The standard InChI is InChI=1S/C28H24F9N5/c1-2-3-6-17-15-40(25-19(27(32,33)34)8-5-10-38-25)11-12-41(17)26-39-22-9-4-7-18(24(22)42(26)28(35,36)37)16-13-20(29)23(31)21(30)14-16/h4-5,7-10,13-14,17H,2-3,6,11-12,15H2,1H3/t17-/m1/s1. The van der Waals surface area contributed by atoms with E-state index in [-0.39, 0.29) is 46.7 Å². The molecule has 0 spiro atoms. The largest absolute Gasteiger partial charge is 0.491 e. The van der Waals surface area contributed by atoms with E-state index in [9.17, 15) is 39.5 Å². The molecule has 0 amide bonds. The maximum absolute atomic E-state index is 14.7. The first-order valence-electron chi connectivity index (χ1n) is 13.1. The van der Waals surface area contributed by atoms with Gasteiger partial charge in [0.05, 0.1) is 16.6 Å². The number of benzene rings is 2. The van der Waals surface area contributed by atoms with Gasteiger partial charge in [0.25, 0.3) is 0 Å². The van der Waals surface area contributed by atoms with E-state index in [4.69, 9.17) is 0 Å². The van der Waals surface area contributed by atoms with Gasteiger partial charge in [0.2, 0.25) is 5.95 Å². The fraction of sp³-hybridized carbons (Fsp3) is 0.357. The molecule has 1 aliphatic heterocycles. The Labute approximate surface area is 234 Å². The van der Waals surface area contributed by atoms with E-state index in [0.29, 0.717) is 31.4 Å². The second kappa shape index (κ2) is 11.0. The number of para-hydroxylation sites is 1. The van der Waals surface area contributed by atoms with Gasteiger partial charge in [0, 0.05) is 37.4 Å². The smallest absolute Gasteiger partial charge is 0.352 e. The predicted molar refractivity (Wildman–Crippen MR) is 138 cm³/mol. The van der Waals surface area contributed by atoms with E-state index in [1.165, 1.54) is 40.3 Å². The SMILES string of the molecule is CCCC[C@@H]1CN(c2ncccc2C(F)(F)F)CCN1c1nc2cccc(-c3cc(F)c(F)c(F)c3)c2n1C(F)(F)F. The number of hydrogen-bond donors (Lipinski definition) is 0. The molecule has 0 bridgehead atoms. The number of nitrogens with zero attached hydrogens (tertiary/aromatic N) is 5. The highest BCUT2D eigenvalue weighted by Crippen LogP contribution is 2.41. The van der Waals surface area contributed by atoms with Crippen LogP contribution in [0.15, 0.2) is 48.7 Å². The van der Waals surface area contributed by atoms with Crippen LogP contribution in [0.4, 0.5) is 51.3 Å². The first-order valence-corrected chi connectivity index (χ1v) is 13.1. The van der Waals surface area contributed by atoms with Gasteiger partial charge in [-0.1, -0.05) is 31.9 Å². The minimum absolute atomic E-state index is 0.00729. The van der Waals surface area contributed by atoms with Crippen LogP contribution in [0.3, 0.4) is 0 Å². The van der Waals surface area contributed by atoms with E-state index in [0.717, 1.165) is 6.07 Å². The summed E-state index contributed by atoms with van der Waals surface area (Å²) in [6, 6.07) is 6.49. The van der Waals surface area contributed by atoms with Crippen LogP contribution in [0.25, 0.3) is 22.2 Å². The summed E-state index contributed by atoms with van der Waals surface area (Å²) in [7, 11) is 0. The number of hydrogen-bond acceptors (Lipinski definition) is 4. The molecular formula is C28H24F9N5. The van der Waals surface area contributed by atoms with Crippen LogP contribution in [0.2, 0.25) is 0 Å². The third-order valence-corrected chi connectivity index (χ3v) is 7.23. The third kappa shape index (κ3) is 5.45. The number of unbranched alkanes of at least 4 members (excludes halogenated alkanes) is 1. The molecule has 3 heterocycles. The number of fused-ring (bicyclic) bond motifs is 1. The van der Waals surface area contributed by atoms with Gasteiger partial charge < -0.3 is 9.80 Å². The molecule has 0 radical (unpaired) electrons. The average molecular weight is 602 g/mol. The zero-order chi connectivity index (χ0) is 30.4. The van der Waals surface area contributed by atoms with Crippen molar-refractivity contribution in [3.05, 3.63) is 71.7 Å². The Balaban J connectivity index is 1.63. The van der Waals surface area contributed by atoms with Crippen molar-refractivity contribution in [1.29, 1.82) is 0 Å². The van der Waals surface area contributed by atoms with Gasteiger partial charge in [-0.15, -0.1) is 13.2 Å². The number of halogens is 9. The first kappa shape index (κ1) is 29.5. The lowest BCUT2D eigenvalue weighted by molar-refractivity contribution is -0.199. The normalized spacial score (nSPS) is 16.5. The van der Waals surface area contributed by atoms with E-state index >= 15 is 0 Å². The molecule has 0 saturated carbocycles. The summed E-state index contributed by atoms with van der Waals surface area (Å²) in [6.07, 6.45) is -6.89. The van der Waals surface area contributed by atoms with Crippen molar-refractivity contribution in [1.82, 2.24) is 14.5 Å². The number of anilines is 2. The number of pyridine rings is 1. The molecule has 1 saturated heterocycles. The zero-order valence-electron chi connectivity index (χ0n) is 22.1. The number of piperazine rings is 1. The van der Waals surface area contributed by atoms with Crippen molar-refractivity contribution >= 4 is 22.8 Å². The lowest BCUT2D eigenvalue weighted by atomic mass is 10.0. The Bertz CT molecular complexity index is 1570. The van der Waals surface area contributed by atoms with Crippen LogP contribution in [-0.2, 0) is 12.5 Å². The predicted octanol–water partition coefficient (Wildman–Crippen LogP) is 7.90. The number of imidazole rings is 1. The zero-order valence-corrected chi connectivity index (χ0v) is 22.1.